The van der Waals surface area contributed by atoms with Gasteiger partial charge in [-0.05, 0) is 37.6 Å². The first-order chi connectivity index (χ1) is 9.58. The molecule has 2 aromatic rings. The average molecular weight is 298 g/mol. The van der Waals surface area contributed by atoms with E-state index in [9.17, 15) is 9.50 Å². The predicted molar refractivity (Wildman–Crippen MR) is 70.7 cm³/mol. The number of aromatic nitrogens is 2. The molecule has 0 saturated carbocycles. The maximum atomic E-state index is 13.1. The molecule has 0 radical (unpaired) electrons. The summed E-state index contributed by atoms with van der Waals surface area (Å²) in [5.41, 5.74) is -0.605. The minimum absolute atomic E-state index is 0.00750. The fraction of sp³-hybridized carbons (Fsp3) is 0.385. The first kappa shape index (κ1) is 13.5. The van der Waals surface area contributed by atoms with E-state index >= 15 is 0 Å². The molecule has 3 rings (SSSR count). The largest absolute Gasteiger partial charge is 0.379 e. The highest BCUT2D eigenvalue weighted by Gasteiger charge is 2.37. The average Bonchev–Trinajstić information content (AvgIpc) is 2.93. The van der Waals surface area contributed by atoms with E-state index in [0.29, 0.717) is 18.5 Å². The normalized spacial score (nSPS) is 22.9. The van der Waals surface area contributed by atoms with Crippen molar-refractivity contribution in [2.75, 3.05) is 13.1 Å². The molecule has 1 aromatic heterocycles. The zero-order chi connectivity index (χ0) is 14.2. The standard InChI is InChI=1S/C13H13ClFN3O2/c14-9-6-8(2-3-10(9)15)11-17-12(20-18-11)13(19)4-1-5-16-7-13/h2-3,6,16,19H,1,4-5,7H2. The molecule has 0 bridgehead atoms. The number of aliphatic hydroxyl groups is 1. The smallest absolute Gasteiger partial charge is 0.260 e. The van der Waals surface area contributed by atoms with E-state index < -0.39 is 11.4 Å². The van der Waals surface area contributed by atoms with Crippen LogP contribution in [0, 0.1) is 5.82 Å². The van der Waals surface area contributed by atoms with Gasteiger partial charge in [0.1, 0.15) is 5.82 Å². The summed E-state index contributed by atoms with van der Waals surface area (Å²) in [4.78, 5) is 4.20. The molecule has 1 unspecified atom stereocenters. The second-order valence-corrected chi connectivity index (χ2v) is 5.27. The van der Waals surface area contributed by atoms with Gasteiger partial charge in [0.05, 0.1) is 5.02 Å². The molecule has 1 aromatic carbocycles. The van der Waals surface area contributed by atoms with Crippen molar-refractivity contribution in [1.29, 1.82) is 0 Å². The molecule has 1 fully saturated rings. The van der Waals surface area contributed by atoms with Crippen molar-refractivity contribution in [3.8, 4) is 11.4 Å². The fourth-order valence-electron chi connectivity index (χ4n) is 2.24. The molecule has 0 aliphatic carbocycles. The van der Waals surface area contributed by atoms with E-state index in [1.807, 2.05) is 0 Å². The molecule has 1 aliphatic heterocycles. The van der Waals surface area contributed by atoms with E-state index in [4.69, 9.17) is 16.1 Å². The van der Waals surface area contributed by atoms with Crippen molar-refractivity contribution in [2.24, 2.45) is 0 Å². The number of halogens is 2. The number of rotatable bonds is 2. The van der Waals surface area contributed by atoms with Gasteiger partial charge in [0.15, 0.2) is 5.60 Å². The van der Waals surface area contributed by atoms with Crippen molar-refractivity contribution in [3.63, 3.8) is 0 Å². The molecule has 2 N–H and O–H groups in total. The minimum Gasteiger partial charge on any atom is -0.379 e. The zero-order valence-electron chi connectivity index (χ0n) is 10.6. The lowest BCUT2D eigenvalue weighted by molar-refractivity contribution is -0.0167. The monoisotopic (exact) mass is 297 g/mol. The van der Waals surface area contributed by atoms with Crippen LogP contribution < -0.4 is 5.32 Å². The number of hydrogen-bond donors (Lipinski definition) is 2. The van der Waals surface area contributed by atoms with Crippen LogP contribution in [-0.2, 0) is 5.60 Å². The summed E-state index contributed by atoms with van der Waals surface area (Å²) in [5, 5.41) is 17.4. The predicted octanol–water partition coefficient (Wildman–Crippen LogP) is 2.10. The lowest BCUT2D eigenvalue weighted by Crippen LogP contribution is -2.43. The Labute approximate surface area is 119 Å². The third kappa shape index (κ3) is 2.42. The summed E-state index contributed by atoms with van der Waals surface area (Å²) < 4.78 is 18.3. The van der Waals surface area contributed by atoms with Crippen LogP contribution in [0.2, 0.25) is 5.02 Å². The SMILES string of the molecule is OC1(c2nc(-c3ccc(F)c(Cl)c3)no2)CCCNC1. The Morgan fingerprint density at radius 2 is 2.30 bits per heavy atom. The minimum atomic E-state index is -1.15. The van der Waals surface area contributed by atoms with E-state index in [1.165, 1.54) is 18.2 Å². The van der Waals surface area contributed by atoms with Gasteiger partial charge in [-0.25, -0.2) is 4.39 Å². The molecule has 0 spiro atoms. The zero-order valence-corrected chi connectivity index (χ0v) is 11.3. The van der Waals surface area contributed by atoms with Gasteiger partial charge in [-0.1, -0.05) is 16.8 Å². The number of piperidine rings is 1. The molecule has 1 aliphatic rings. The van der Waals surface area contributed by atoms with E-state index in [2.05, 4.69) is 15.5 Å². The third-order valence-corrected chi connectivity index (χ3v) is 3.65. The van der Waals surface area contributed by atoms with Crippen molar-refractivity contribution in [3.05, 3.63) is 34.9 Å². The molecule has 1 saturated heterocycles. The molecule has 2 heterocycles. The highest BCUT2D eigenvalue weighted by molar-refractivity contribution is 6.31. The fourth-order valence-corrected chi connectivity index (χ4v) is 2.42. The molecule has 7 heteroatoms. The van der Waals surface area contributed by atoms with E-state index in [-0.39, 0.29) is 16.7 Å². The number of nitrogens with one attached hydrogen (secondary N) is 1. The molecular weight excluding hydrogens is 285 g/mol. The number of hydrogen-bond acceptors (Lipinski definition) is 5. The summed E-state index contributed by atoms with van der Waals surface area (Å²) in [7, 11) is 0. The van der Waals surface area contributed by atoms with Crippen molar-refractivity contribution >= 4 is 11.6 Å². The van der Waals surface area contributed by atoms with Crippen molar-refractivity contribution < 1.29 is 14.0 Å². The maximum Gasteiger partial charge on any atom is 0.260 e. The quantitative estimate of drug-likeness (QED) is 0.888. The van der Waals surface area contributed by atoms with Crippen molar-refractivity contribution in [1.82, 2.24) is 15.5 Å². The Morgan fingerprint density at radius 1 is 1.45 bits per heavy atom. The van der Waals surface area contributed by atoms with Crippen LogP contribution in [0.3, 0.4) is 0 Å². The van der Waals surface area contributed by atoms with E-state index in [1.54, 1.807) is 0 Å². The Balaban J connectivity index is 1.91. The third-order valence-electron chi connectivity index (χ3n) is 3.36. The topological polar surface area (TPSA) is 71.2 Å². The van der Waals surface area contributed by atoms with Gasteiger partial charge in [0.25, 0.3) is 5.89 Å². The van der Waals surface area contributed by atoms with Crippen LogP contribution in [0.1, 0.15) is 18.7 Å². The molecule has 20 heavy (non-hydrogen) atoms. The second-order valence-electron chi connectivity index (χ2n) is 4.86. The summed E-state index contributed by atoms with van der Waals surface area (Å²) >= 11 is 5.73. The molecule has 0 amide bonds. The van der Waals surface area contributed by atoms with Gasteiger partial charge in [0.2, 0.25) is 5.82 Å². The first-order valence-corrected chi connectivity index (χ1v) is 6.69. The highest BCUT2D eigenvalue weighted by Crippen LogP contribution is 2.29. The van der Waals surface area contributed by atoms with Crippen LogP contribution in [0.4, 0.5) is 4.39 Å². The number of β-amino-alcohol motifs (C(OH)–C–C–N with tert-alkyl or cyclic N) is 1. The number of nitrogens with zero attached hydrogens (tertiary/aromatic N) is 2. The van der Waals surface area contributed by atoms with Crippen LogP contribution in [0.25, 0.3) is 11.4 Å². The summed E-state index contributed by atoms with van der Waals surface area (Å²) in [5.74, 6) is -0.0599. The highest BCUT2D eigenvalue weighted by atomic mass is 35.5. The number of benzene rings is 1. The van der Waals surface area contributed by atoms with Gasteiger partial charge in [-0.15, -0.1) is 0 Å². The van der Waals surface area contributed by atoms with Gasteiger partial charge in [-0.2, -0.15) is 4.98 Å². The van der Waals surface area contributed by atoms with Crippen molar-refractivity contribution in [2.45, 2.75) is 18.4 Å². The Kier molecular flexibility index (Phi) is 3.45. The van der Waals surface area contributed by atoms with Crippen LogP contribution in [0.15, 0.2) is 22.7 Å². The first-order valence-electron chi connectivity index (χ1n) is 6.31. The molecular formula is C13H13ClFN3O2. The Bertz CT molecular complexity index is 626. The molecule has 106 valence electrons. The van der Waals surface area contributed by atoms with Gasteiger partial charge in [-0.3, -0.25) is 0 Å². The summed E-state index contributed by atoms with van der Waals surface area (Å²) in [6.07, 6.45) is 1.39. The van der Waals surface area contributed by atoms with Gasteiger partial charge < -0.3 is 14.9 Å². The maximum absolute atomic E-state index is 13.1. The van der Waals surface area contributed by atoms with Crippen LogP contribution in [0.5, 0.6) is 0 Å². The second kappa shape index (κ2) is 5.12. The summed E-state index contributed by atoms with van der Waals surface area (Å²) in [6.45, 7) is 1.23. The summed E-state index contributed by atoms with van der Waals surface area (Å²) in [6, 6.07) is 4.18. The lowest BCUT2D eigenvalue weighted by Gasteiger charge is -2.28. The Morgan fingerprint density at radius 3 is 3.00 bits per heavy atom. The van der Waals surface area contributed by atoms with E-state index in [0.717, 1.165) is 13.0 Å². The molecule has 1 atom stereocenters. The van der Waals surface area contributed by atoms with Crippen LogP contribution in [-0.4, -0.2) is 28.3 Å². The van der Waals surface area contributed by atoms with Gasteiger partial charge >= 0.3 is 0 Å². The Hall–Kier alpha value is -1.50. The van der Waals surface area contributed by atoms with Gasteiger partial charge in [0, 0.05) is 12.1 Å². The van der Waals surface area contributed by atoms with Crippen LogP contribution >= 0.6 is 11.6 Å². The lowest BCUT2D eigenvalue weighted by atomic mass is 9.94. The molecule has 5 nitrogen and oxygen atoms in total.